The molecule has 1 unspecified atom stereocenters. The quantitative estimate of drug-likeness (QED) is 0.475. The van der Waals surface area contributed by atoms with E-state index in [1.807, 2.05) is 20.8 Å². The van der Waals surface area contributed by atoms with E-state index in [0.717, 1.165) is 0 Å². The maximum absolute atomic E-state index is 13.2. The predicted octanol–water partition coefficient (Wildman–Crippen LogP) is 2.69. The van der Waals surface area contributed by atoms with Gasteiger partial charge in [0.25, 0.3) is 0 Å². The van der Waals surface area contributed by atoms with E-state index in [4.69, 9.17) is 9.47 Å². The summed E-state index contributed by atoms with van der Waals surface area (Å²) in [6, 6.07) is 4.03. The topological polar surface area (TPSA) is 53.9 Å². The van der Waals surface area contributed by atoms with Crippen LogP contribution in [-0.4, -0.2) is 29.4 Å². The molecule has 4 nitrogen and oxygen atoms in total. The van der Waals surface area contributed by atoms with Crippen molar-refractivity contribution < 1.29 is 18.4 Å². The summed E-state index contributed by atoms with van der Waals surface area (Å²) in [5.74, 6) is 0.0191. The number of nitrogens with zero attached hydrogens (tertiary/aromatic N) is 1. The van der Waals surface area contributed by atoms with Crippen LogP contribution < -0.4 is 4.74 Å². The number of rotatable bonds is 5. The molecule has 0 heterocycles. The molecule has 1 aromatic carbocycles. The average Bonchev–Trinajstić information content (AvgIpc) is 2.33. The molecule has 0 radical (unpaired) electrons. The molecule has 0 fully saturated rings. The lowest BCUT2D eigenvalue weighted by Gasteiger charge is -2.17. The number of benzene rings is 1. The first-order valence-corrected chi connectivity index (χ1v) is 6.82. The molecule has 0 aliphatic carbocycles. The summed E-state index contributed by atoms with van der Waals surface area (Å²) in [4.78, 5) is 0. The molecular formula is C13H18FNO3S. The molecule has 0 spiro atoms. The first-order chi connectivity index (χ1) is 8.84. The number of hydrogen-bond donors (Lipinski definition) is 0. The molecule has 0 saturated heterocycles. The lowest BCUT2D eigenvalue weighted by molar-refractivity contribution is 0.0510. The molecule has 1 aromatic rings. The van der Waals surface area contributed by atoms with Crippen LogP contribution in [0.2, 0.25) is 0 Å². The average molecular weight is 287 g/mol. The Morgan fingerprint density at radius 2 is 2.11 bits per heavy atom. The van der Waals surface area contributed by atoms with Crippen LogP contribution in [0.3, 0.4) is 0 Å². The van der Waals surface area contributed by atoms with E-state index in [2.05, 4.69) is 4.40 Å². The van der Waals surface area contributed by atoms with Gasteiger partial charge in [-0.3, -0.25) is 0 Å². The maximum atomic E-state index is 13.2. The van der Waals surface area contributed by atoms with Crippen LogP contribution >= 0.6 is 0 Å². The lowest BCUT2D eigenvalue weighted by atomic mass is 10.2. The van der Waals surface area contributed by atoms with Crippen LogP contribution in [0, 0.1) is 5.82 Å². The van der Waals surface area contributed by atoms with E-state index >= 15 is 0 Å². The first-order valence-electron chi connectivity index (χ1n) is 5.72. The summed E-state index contributed by atoms with van der Waals surface area (Å²) >= 11 is -1.40. The third-order valence-corrected chi connectivity index (χ3v) is 3.46. The van der Waals surface area contributed by atoms with E-state index in [-0.39, 0.29) is 6.79 Å². The molecule has 106 valence electrons. The minimum Gasteiger partial charge on any atom is -0.591 e. The molecule has 0 bridgehead atoms. The van der Waals surface area contributed by atoms with Crippen molar-refractivity contribution in [1.82, 2.24) is 0 Å². The summed E-state index contributed by atoms with van der Waals surface area (Å²) in [6.45, 7) is 5.49. The Labute approximate surface area is 116 Å². The smallest absolute Gasteiger partial charge is 0.188 e. The van der Waals surface area contributed by atoms with Gasteiger partial charge in [0, 0.05) is 12.7 Å². The van der Waals surface area contributed by atoms with Crippen LogP contribution in [0.5, 0.6) is 5.75 Å². The van der Waals surface area contributed by atoms with Gasteiger partial charge in [0.2, 0.25) is 0 Å². The Morgan fingerprint density at radius 1 is 1.42 bits per heavy atom. The van der Waals surface area contributed by atoms with Crippen molar-refractivity contribution in [2.24, 2.45) is 4.40 Å². The molecule has 1 atom stereocenters. The fraction of sp³-hybridized carbons (Fsp3) is 0.462. The fourth-order valence-electron chi connectivity index (χ4n) is 1.14. The molecule has 0 amide bonds. The molecule has 0 aromatic heterocycles. The summed E-state index contributed by atoms with van der Waals surface area (Å²) in [5, 5.41) is 0. The normalized spacial score (nSPS) is 13.8. The second-order valence-electron chi connectivity index (χ2n) is 4.83. The Morgan fingerprint density at radius 3 is 2.68 bits per heavy atom. The number of hydrogen-bond acceptors (Lipinski definition) is 4. The highest BCUT2D eigenvalue weighted by Gasteiger charge is 2.25. The predicted molar refractivity (Wildman–Crippen MR) is 74.4 cm³/mol. The number of halogens is 1. The van der Waals surface area contributed by atoms with E-state index < -0.39 is 21.9 Å². The standard InChI is InChI=1S/C13H18FNO3S/c1-13(2,3)19(16)15-8-10-7-11(14)5-6-12(10)18-9-17-4/h5-8H,9H2,1-4H3. The molecule has 6 heteroatoms. The molecule has 19 heavy (non-hydrogen) atoms. The molecule has 0 aliphatic heterocycles. The Bertz CT molecular complexity index is 446. The summed E-state index contributed by atoms with van der Waals surface area (Å²) in [5.41, 5.74) is 0.426. The van der Waals surface area contributed by atoms with Crippen LogP contribution in [0.25, 0.3) is 0 Å². The van der Waals surface area contributed by atoms with Gasteiger partial charge in [0.1, 0.15) is 27.7 Å². The monoisotopic (exact) mass is 287 g/mol. The van der Waals surface area contributed by atoms with Crippen molar-refractivity contribution in [3.8, 4) is 5.75 Å². The third kappa shape index (κ3) is 5.18. The fourth-order valence-corrected chi connectivity index (χ4v) is 1.66. The van der Waals surface area contributed by atoms with Crippen molar-refractivity contribution in [2.75, 3.05) is 13.9 Å². The molecule has 0 N–H and O–H groups in total. The minimum atomic E-state index is -1.40. The van der Waals surface area contributed by atoms with Gasteiger partial charge in [-0.25, -0.2) is 4.39 Å². The molecular weight excluding hydrogens is 269 g/mol. The highest BCUT2D eigenvalue weighted by Crippen LogP contribution is 2.20. The van der Waals surface area contributed by atoms with Crippen molar-refractivity contribution in [1.29, 1.82) is 0 Å². The highest BCUT2D eigenvalue weighted by molar-refractivity contribution is 7.91. The summed E-state index contributed by atoms with van der Waals surface area (Å²) in [7, 11) is 1.49. The van der Waals surface area contributed by atoms with Crippen LogP contribution in [0.4, 0.5) is 4.39 Å². The van der Waals surface area contributed by atoms with Crippen LogP contribution in [-0.2, 0) is 16.1 Å². The van der Waals surface area contributed by atoms with Gasteiger partial charge in [-0.1, -0.05) is 4.40 Å². The Hall–Kier alpha value is -1.11. The SMILES string of the molecule is COCOc1ccc(F)cc1C=N[S+]([O-])C(C)(C)C. The van der Waals surface area contributed by atoms with Crippen LogP contribution in [0.1, 0.15) is 26.3 Å². The van der Waals surface area contributed by atoms with Gasteiger partial charge >= 0.3 is 0 Å². The van der Waals surface area contributed by atoms with Crippen molar-refractivity contribution in [3.05, 3.63) is 29.6 Å². The summed E-state index contributed by atoms with van der Waals surface area (Å²) in [6.07, 6.45) is 1.36. The van der Waals surface area contributed by atoms with Gasteiger partial charge in [0.05, 0.1) is 6.21 Å². The van der Waals surface area contributed by atoms with Crippen molar-refractivity contribution >= 4 is 17.6 Å². The van der Waals surface area contributed by atoms with E-state index in [1.54, 1.807) is 0 Å². The largest absolute Gasteiger partial charge is 0.591 e. The van der Waals surface area contributed by atoms with Gasteiger partial charge in [0.15, 0.2) is 6.79 Å². The zero-order valence-electron chi connectivity index (χ0n) is 11.5. The van der Waals surface area contributed by atoms with E-state index in [1.165, 1.54) is 31.5 Å². The van der Waals surface area contributed by atoms with Crippen LogP contribution in [0.15, 0.2) is 22.6 Å². The zero-order valence-corrected chi connectivity index (χ0v) is 12.3. The highest BCUT2D eigenvalue weighted by atomic mass is 32.2. The van der Waals surface area contributed by atoms with Gasteiger partial charge < -0.3 is 14.0 Å². The Kier molecular flexibility index (Phi) is 5.78. The Balaban J connectivity index is 2.92. The van der Waals surface area contributed by atoms with Gasteiger partial charge in [-0.15, -0.1) is 0 Å². The lowest BCUT2D eigenvalue weighted by Crippen LogP contribution is -2.25. The number of ether oxygens (including phenoxy) is 2. The number of methoxy groups -OCH3 is 1. The zero-order chi connectivity index (χ0) is 14.5. The summed E-state index contributed by atoms with van der Waals surface area (Å²) < 4.78 is 38.6. The third-order valence-electron chi connectivity index (χ3n) is 2.12. The van der Waals surface area contributed by atoms with E-state index in [0.29, 0.717) is 11.3 Å². The second-order valence-corrected chi connectivity index (χ2v) is 6.76. The molecule has 0 aliphatic rings. The minimum absolute atomic E-state index is 0.0504. The maximum Gasteiger partial charge on any atom is 0.188 e. The first kappa shape index (κ1) is 15.9. The van der Waals surface area contributed by atoms with E-state index in [9.17, 15) is 8.94 Å². The van der Waals surface area contributed by atoms with Gasteiger partial charge in [-0.05, 0) is 39.0 Å². The second kappa shape index (κ2) is 6.88. The molecule has 0 saturated carbocycles. The van der Waals surface area contributed by atoms with Crippen molar-refractivity contribution in [3.63, 3.8) is 0 Å². The van der Waals surface area contributed by atoms with Crippen molar-refractivity contribution in [2.45, 2.75) is 25.5 Å². The van der Waals surface area contributed by atoms with Gasteiger partial charge in [-0.2, -0.15) is 0 Å². The molecule has 1 rings (SSSR count).